The van der Waals surface area contributed by atoms with Gasteiger partial charge < -0.3 is 15.5 Å². The van der Waals surface area contributed by atoms with Crippen LogP contribution in [0.3, 0.4) is 0 Å². The average Bonchev–Trinajstić information content (AvgIpc) is 2.65. The zero-order valence-corrected chi connectivity index (χ0v) is 15.8. The number of carbonyl (C=O) groups excluding carboxylic acids is 1. The number of rotatable bonds is 5. The SMILES string of the molecule is Cc1cc(N2CCN(CCNC(=O)Nc3ccccc3)CC2)ccc1Cl. The molecule has 5 nitrogen and oxygen atoms in total. The number of anilines is 2. The van der Waals surface area contributed by atoms with Crippen LogP contribution in [-0.4, -0.2) is 50.2 Å². The van der Waals surface area contributed by atoms with Crippen LogP contribution in [0.25, 0.3) is 0 Å². The number of halogens is 1. The lowest BCUT2D eigenvalue weighted by Crippen LogP contribution is -2.48. The first kappa shape index (κ1) is 18.5. The molecule has 0 atom stereocenters. The molecule has 2 aromatic rings. The maximum Gasteiger partial charge on any atom is 0.319 e. The first-order valence-electron chi connectivity index (χ1n) is 8.95. The summed E-state index contributed by atoms with van der Waals surface area (Å²) in [5.74, 6) is 0. The predicted octanol–water partition coefficient (Wildman–Crippen LogP) is 3.59. The van der Waals surface area contributed by atoms with Crippen molar-refractivity contribution in [2.75, 3.05) is 49.5 Å². The van der Waals surface area contributed by atoms with E-state index in [1.165, 1.54) is 5.69 Å². The van der Waals surface area contributed by atoms with E-state index in [0.717, 1.165) is 49.0 Å². The predicted molar refractivity (Wildman–Crippen MR) is 108 cm³/mol. The van der Waals surface area contributed by atoms with E-state index < -0.39 is 0 Å². The monoisotopic (exact) mass is 372 g/mol. The topological polar surface area (TPSA) is 47.6 Å². The summed E-state index contributed by atoms with van der Waals surface area (Å²) < 4.78 is 0. The maximum atomic E-state index is 11.9. The summed E-state index contributed by atoms with van der Waals surface area (Å²) >= 11 is 6.11. The molecule has 1 aliphatic rings. The zero-order chi connectivity index (χ0) is 18.4. The van der Waals surface area contributed by atoms with Gasteiger partial charge in [-0.2, -0.15) is 0 Å². The highest BCUT2D eigenvalue weighted by Crippen LogP contribution is 2.23. The van der Waals surface area contributed by atoms with Crippen molar-refractivity contribution >= 4 is 29.0 Å². The molecule has 26 heavy (non-hydrogen) atoms. The third-order valence-electron chi connectivity index (χ3n) is 4.62. The molecule has 138 valence electrons. The normalized spacial score (nSPS) is 14.9. The number of nitrogens with one attached hydrogen (secondary N) is 2. The number of benzene rings is 2. The van der Waals surface area contributed by atoms with Gasteiger partial charge in [0, 0.05) is 55.7 Å². The van der Waals surface area contributed by atoms with Crippen molar-refractivity contribution in [1.29, 1.82) is 0 Å². The van der Waals surface area contributed by atoms with Crippen molar-refractivity contribution in [3.05, 3.63) is 59.1 Å². The molecule has 6 heteroatoms. The Morgan fingerprint density at radius 1 is 1.08 bits per heavy atom. The summed E-state index contributed by atoms with van der Waals surface area (Å²) in [7, 11) is 0. The number of piperazine rings is 1. The third kappa shape index (κ3) is 5.13. The standard InChI is InChI=1S/C20H25ClN4O/c1-16-15-18(7-8-19(16)21)25-13-11-24(12-14-25)10-9-22-20(26)23-17-5-3-2-4-6-17/h2-8,15H,9-14H2,1H3,(H2,22,23,26). The van der Waals surface area contributed by atoms with E-state index in [4.69, 9.17) is 11.6 Å². The smallest absolute Gasteiger partial charge is 0.319 e. The number of para-hydroxylation sites is 1. The minimum atomic E-state index is -0.161. The molecular formula is C20H25ClN4O. The van der Waals surface area contributed by atoms with Crippen LogP contribution in [0, 0.1) is 6.92 Å². The average molecular weight is 373 g/mol. The summed E-state index contributed by atoms with van der Waals surface area (Å²) in [4.78, 5) is 16.7. The molecule has 0 spiro atoms. The summed E-state index contributed by atoms with van der Waals surface area (Å²) in [5, 5.41) is 6.56. The third-order valence-corrected chi connectivity index (χ3v) is 5.05. The van der Waals surface area contributed by atoms with Gasteiger partial charge in [0.25, 0.3) is 0 Å². The first-order chi connectivity index (χ1) is 12.6. The second-order valence-corrected chi connectivity index (χ2v) is 6.92. The lowest BCUT2D eigenvalue weighted by atomic mass is 10.2. The molecular weight excluding hydrogens is 348 g/mol. The first-order valence-corrected chi connectivity index (χ1v) is 9.33. The Morgan fingerprint density at radius 3 is 2.50 bits per heavy atom. The van der Waals surface area contributed by atoms with Crippen molar-refractivity contribution in [1.82, 2.24) is 10.2 Å². The molecule has 1 aliphatic heterocycles. The van der Waals surface area contributed by atoms with Crippen LogP contribution < -0.4 is 15.5 Å². The van der Waals surface area contributed by atoms with E-state index in [1.807, 2.05) is 43.3 Å². The van der Waals surface area contributed by atoms with Gasteiger partial charge in [0.05, 0.1) is 0 Å². The van der Waals surface area contributed by atoms with Gasteiger partial charge in [0.15, 0.2) is 0 Å². The number of carbonyl (C=O) groups is 1. The number of amides is 2. The number of aryl methyl sites for hydroxylation is 1. The Hall–Kier alpha value is -2.24. The van der Waals surface area contributed by atoms with Gasteiger partial charge in [-0.25, -0.2) is 4.79 Å². The van der Waals surface area contributed by atoms with E-state index in [0.29, 0.717) is 6.54 Å². The molecule has 0 unspecified atom stereocenters. The number of hydrogen-bond donors (Lipinski definition) is 2. The lowest BCUT2D eigenvalue weighted by Gasteiger charge is -2.36. The van der Waals surface area contributed by atoms with Crippen LogP contribution in [0.15, 0.2) is 48.5 Å². The number of hydrogen-bond acceptors (Lipinski definition) is 3. The quantitative estimate of drug-likeness (QED) is 0.843. The van der Waals surface area contributed by atoms with E-state index in [1.54, 1.807) is 0 Å². The highest BCUT2D eigenvalue weighted by molar-refractivity contribution is 6.31. The lowest BCUT2D eigenvalue weighted by molar-refractivity contribution is 0.240. The van der Waals surface area contributed by atoms with E-state index >= 15 is 0 Å². The van der Waals surface area contributed by atoms with Gasteiger partial charge in [0.2, 0.25) is 0 Å². The molecule has 0 saturated carbocycles. The Morgan fingerprint density at radius 2 is 1.81 bits per heavy atom. The molecule has 2 N–H and O–H groups in total. The maximum absolute atomic E-state index is 11.9. The van der Waals surface area contributed by atoms with Gasteiger partial charge in [-0.3, -0.25) is 4.90 Å². The van der Waals surface area contributed by atoms with Crippen LogP contribution in [0.5, 0.6) is 0 Å². The molecule has 1 heterocycles. The van der Waals surface area contributed by atoms with E-state index in [2.05, 4.69) is 32.6 Å². The van der Waals surface area contributed by atoms with Gasteiger partial charge in [-0.05, 0) is 42.8 Å². The van der Waals surface area contributed by atoms with Crippen LogP contribution >= 0.6 is 11.6 Å². The zero-order valence-electron chi connectivity index (χ0n) is 15.0. The second-order valence-electron chi connectivity index (χ2n) is 6.51. The van der Waals surface area contributed by atoms with Crippen molar-refractivity contribution < 1.29 is 4.79 Å². The Balaban J connectivity index is 1.37. The van der Waals surface area contributed by atoms with Crippen LogP contribution in [-0.2, 0) is 0 Å². The number of urea groups is 1. The van der Waals surface area contributed by atoms with Crippen LogP contribution in [0.4, 0.5) is 16.2 Å². The molecule has 0 aromatic heterocycles. The highest BCUT2D eigenvalue weighted by Gasteiger charge is 2.17. The van der Waals surface area contributed by atoms with E-state index in [9.17, 15) is 4.79 Å². The summed E-state index contributed by atoms with van der Waals surface area (Å²) in [6.45, 7) is 7.48. The van der Waals surface area contributed by atoms with Crippen molar-refractivity contribution in [3.63, 3.8) is 0 Å². The molecule has 2 amide bonds. The van der Waals surface area contributed by atoms with Gasteiger partial charge in [0.1, 0.15) is 0 Å². The Labute approximate surface area is 159 Å². The largest absolute Gasteiger partial charge is 0.369 e. The van der Waals surface area contributed by atoms with Gasteiger partial charge >= 0.3 is 6.03 Å². The second kappa shape index (κ2) is 8.92. The van der Waals surface area contributed by atoms with Gasteiger partial charge in [-0.1, -0.05) is 29.8 Å². The molecule has 0 bridgehead atoms. The Bertz CT molecular complexity index is 730. The summed E-state index contributed by atoms with van der Waals surface area (Å²) in [6.07, 6.45) is 0. The number of nitrogens with zero attached hydrogens (tertiary/aromatic N) is 2. The molecule has 0 aliphatic carbocycles. The fraction of sp³-hybridized carbons (Fsp3) is 0.350. The molecule has 1 saturated heterocycles. The van der Waals surface area contributed by atoms with Crippen molar-refractivity contribution in [2.45, 2.75) is 6.92 Å². The van der Waals surface area contributed by atoms with Crippen molar-refractivity contribution in [3.8, 4) is 0 Å². The fourth-order valence-corrected chi connectivity index (χ4v) is 3.20. The van der Waals surface area contributed by atoms with Crippen molar-refractivity contribution in [2.24, 2.45) is 0 Å². The molecule has 0 radical (unpaired) electrons. The Kier molecular flexibility index (Phi) is 6.36. The highest BCUT2D eigenvalue weighted by atomic mass is 35.5. The summed E-state index contributed by atoms with van der Waals surface area (Å²) in [6, 6.07) is 15.5. The minimum absolute atomic E-state index is 0.161. The van der Waals surface area contributed by atoms with E-state index in [-0.39, 0.29) is 6.03 Å². The fourth-order valence-electron chi connectivity index (χ4n) is 3.08. The van der Waals surface area contributed by atoms with Crippen LogP contribution in [0.1, 0.15) is 5.56 Å². The van der Waals surface area contributed by atoms with Crippen LogP contribution in [0.2, 0.25) is 5.02 Å². The molecule has 2 aromatic carbocycles. The molecule has 3 rings (SSSR count). The summed E-state index contributed by atoms with van der Waals surface area (Å²) in [5.41, 5.74) is 3.14. The minimum Gasteiger partial charge on any atom is -0.369 e. The molecule has 1 fully saturated rings. The van der Waals surface area contributed by atoms with Gasteiger partial charge in [-0.15, -0.1) is 0 Å².